The van der Waals surface area contributed by atoms with Gasteiger partial charge >= 0.3 is 0 Å². The van der Waals surface area contributed by atoms with Gasteiger partial charge in [0.2, 0.25) is 11.8 Å². The van der Waals surface area contributed by atoms with Crippen molar-refractivity contribution >= 4 is 29.0 Å². The van der Waals surface area contributed by atoms with E-state index < -0.39 is 45.5 Å². The van der Waals surface area contributed by atoms with Gasteiger partial charge in [-0.1, -0.05) is 48.5 Å². The number of nitrogens with zero attached hydrogens (tertiary/aromatic N) is 4. The smallest absolute Gasteiger partial charge is 0.269 e. The Morgan fingerprint density at radius 2 is 1.36 bits per heavy atom. The Hall–Kier alpha value is -5.45. The normalized spacial score (nSPS) is 22.5. The Morgan fingerprint density at radius 1 is 0.762 bits per heavy atom. The third kappa shape index (κ3) is 4.64. The Balaban J connectivity index is 1.34. The van der Waals surface area contributed by atoms with E-state index in [9.17, 15) is 34.6 Å². The van der Waals surface area contributed by atoms with Crippen LogP contribution in [0.3, 0.4) is 0 Å². The number of non-ortho nitro benzene ring substituents is 2. The Kier molecular flexibility index (Phi) is 6.69. The quantitative estimate of drug-likeness (QED) is 0.171. The number of Topliss-reactive ketones (excluding diaryl/α,β-unsaturated/α-hetero) is 1. The fourth-order valence-corrected chi connectivity index (χ4v) is 6.09. The van der Waals surface area contributed by atoms with Gasteiger partial charge in [-0.05, 0) is 41.3 Å². The summed E-state index contributed by atoms with van der Waals surface area (Å²) >= 11 is 0. The van der Waals surface area contributed by atoms with Crippen molar-refractivity contribution in [2.24, 2.45) is 11.8 Å². The molecule has 3 aromatic carbocycles. The maximum atomic E-state index is 13.9. The van der Waals surface area contributed by atoms with Crippen molar-refractivity contribution in [3.63, 3.8) is 0 Å². The average Bonchev–Trinajstić information content (AvgIpc) is 3.45. The summed E-state index contributed by atoms with van der Waals surface area (Å²) in [5.74, 6) is -2.92. The van der Waals surface area contributed by atoms with Crippen LogP contribution in [-0.2, 0) is 22.6 Å². The molecular weight excluding hydrogens is 540 g/mol. The lowest BCUT2D eigenvalue weighted by molar-refractivity contribution is -0.385. The number of nitro benzene ring substituents is 2. The van der Waals surface area contributed by atoms with Gasteiger partial charge in [0.25, 0.3) is 11.4 Å². The van der Waals surface area contributed by atoms with Crippen LogP contribution in [0.15, 0.2) is 103 Å². The molecule has 11 nitrogen and oxygen atoms in total. The summed E-state index contributed by atoms with van der Waals surface area (Å²) in [6.07, 6.45) is 5.86. The van der Waals surface area contributed by atoms with Crippen LogP contribution in [-0.4, -0.2) is 49.3 Å². The summed E-state index contributed by atoms with van der Waals surface area (Å²) < 4.78 is 0. The van der Waals surface area contributed by atoms with Gasteiger partial charge in [0.1, 0.15) is 6.04 Å². The molecule has 11 heteroatoms. The number of likely N-dealkylation sites (tertiary alicyclic amines) is 1. The van der Waals surface area contributed by atoms with E-state index in [0.717, 1.165) is 16.7 Å². The molecule has 0 radical (unpaired) electrons. The molecule has 42 heavy (non-hydrogen) atoms. The summed E-state index contributed by atoms with van der Waals surface area (Å²) in [5, 5.41) is 22.2. The van der Waals surface area contributed by atoms with Crippen LogP contribution < -0.4 is 0 Å². The second-order valence-corrected chi connectivity index (χ2v) is 10.5. The molecule has 2 fully saturated rings. The molecule has 0 spiro atoms. The number of carbonyl (C=O) groups is 3. The van der Waals surface area contributed by atoms with Gasteiger partial charge < -0.3 is 4.90 Å². The van der Waals surface area contributed by atoms with E-state index >= 15 is 0 Å². The third-order valence-corrected chi connectivity index (χ3v) is 8.08. The second kappa shape index (κ2) is 10.5. The first kappa shape index (κ1) is 26.8. The van der Waals surface area contributed by atoms with Gasteiger partial charge in [-0.3, -0.25) is 39.5 Å². The lowest BCUT2D eigenvalue weighted by atomic mass is 9.85. The zero-order valence-corrected chi connectivity index (χ0v) is 22.1. The van der Waals surface area contributed by atoms with Crippen LogP contribution in [0.1, 0.15) is 21.5 Å². The van der Waals surface area contributed by atoms with E-state index in [2.05, 4.69) is 0 Å². The SMILES string of the molecule is O=C(c1ccc([N+](=O)[O-])cc1)[C@H]1[C@H]2C(=O)N(Cc3ccccc3)C(=O)[C@H]2[C@H]2C=C(Cc3ccc([N+](=O)[O-])cc3)C=CN21. The third-order valence-electron chi connectivity index (χ3n) is 8.08. The number of hydrogen-bond acceptors (Lipinski definition) is 8. The standard InChI is InChI=1S/C31H24N4O7/c36-29(22-8-12-24(13-9-22)35(41)42)28-27-26(30(37)33(31(27)38)18-20-4-2-1-3-5-20)25-17-21(14-15-32(25)28)16-19-6-10-23(11-7-19)34(39)40/h1-15,17,25-28H,16,18H2/t25-,26+,27+,28-/m1/s1. The lowest BCUT2D eigenvalue weighted by Crippen LogP contribution is -2.45. The topological polar surface area (TPSA) is 144 Å². The molecule has 3 aromatic rings. The minimum Gasteiger partial charge on any atom is -0.359 e. The first-order valence-electron chi connectivity index (χ1n) is 13.3. The number of nitro groups is 2. The second-order valence-electron chi connectivity index (χ2n) is 10.5. The molecule has 0 unspecified atom stereocenters. The highest BCUT2D eigenvalue weighted by Crippen LogP contribution is 2.46. The fourth-order valence-electron chi connectivity index (χ4n) is 6.09. The zero-order valence-electron chi connectivity index (χ0n) is 22.1. The highest BCUT2D eigenvalue weighted by atomic mass is 16.6. The Bertz CT molecular complexity index is 1670. The lowest BCUT2D eigenvalue weighted by Gasteiger charge is -2.33. The first-order chi connectivity index (χ1) is 20.2. The summed E-state index contributed by atoms with van der Waals surface area (Å²) in [6.45, 7) is 0.0892. The van der Waals surface area contributed by atoms with E-state index in [1.165, 1.54) is 41.3 Å². The molecule has 3 heterocycles. The molecule has 2 saturated heterocycles. The van der Waals surface area contributed by atoms with Crippen LogP contribution in [0.5, 0.6) is 0 Å². The van der Waals surface area contributed by atoms with Gasteiger partial charge in [-0.2, -0.15) is 0 Å². The van der Waals surface area contributed by atoms with Crippen LogP contribution >= 0.6 is 0 Å². The van der Waals surface area contributed by atoms with E-state index in [0.29, 0.717) is 6.42 Å². The number of imide groups is 1. The number of benzene rings is 3. The molecule has 3 aliphatic heterocycles. The van der Waals surface area contributed by atoms with Gasteiger partial charge in [-0.25, -0.2) is 0 Å². The van der Waals surface area contributed by atoms with Crippen LogP contribution in [0.25, 0.3) is 0 Å². The molecule has 2 amide bonds. The van der Waals surface area contributed by atoms with Crippen LogP contribution in [0.2, 0.25) is 0 Å². The number of hydrogen-bond donors (Lipinski definition) is 0. The number of rotatable bonds is 8. The van der Waals surface area contributed by atoms with Crippen molar-refractivity contribution in [2.75, 3.05) is 0 Å². The molecular formula is C31H24N4O7. The van der Waals surface area contributed by atoms with E-state index in [1.54, 1.807) is 23.2 Å². The minimum absolute atomic E-state index is 0.0158. The number of amides is 2. The van der Waals surface area contributed by atoms with Crippen LogP contribution in [0.4, 0.5) is 11.4 Å². The first-order valence-corrected chi connectivity index (χ1v) is 13.3. The summed E-state index contributed by atoms with van der Waals surface area (Å²) in [5.41, 5.74) is 2.49. The van der Waals surface area contributed by atoms with Gasteiger partial charge in [0.15, 0.2) is 5.78 Å². The summed E-state index contributed by atoms with van der Waals surface area (Å²) in [4.78, 5) is 65.7. The van der Waals surface area contributed by atoms with Crippen molar-refractivity contribution < 1.29 is 24.2 Å². The number of ketones is 1. The van der Waals surface area contributed by atoms with Crippen molar-refractivity contribution in [1.82, 2.24) is 9.80 Å². The monoisotopic (exact) mass is 564 g/mol. The highest BCUT2D eigenvalue weighted by Gasteiger charge is 2.63. The van der Waals surface area contributed by atoms with E-state index in [-0.39, 0.29) is 29.4 Å². The number of fused-ring (bicyclic) bond motifs is 3. The predicted molar refractivity (Wildman–Crippen MR) is 150 cm³/mol. The highest BCUT2D eigenvalue weighted by molar-refractivity contribution is 6.12. The number of allylic oxidation sites excluding steroid dienone is 2. The Labute approximate surface area is 239 Å². The van der Waals surface area contributed by atoms with Gasteiger partial charge in [0, 0.05) is 36.0 Å². The van der Waals surface area contributed by atoms with E-state index in [1.807, 2.05) is 42.5 Å². The number of carbonyl (C=O) groups excluding carboxylic acids is 3. The maximum Gasteiger partial charge on any atom is 0.269 e. The average molecular weight is 565 g/mol. The van der Waals surface area contributed by atoms with Crippen molar-refractivity contribution in [3.05, 3.63) is 140 Å². The van der Waals surface area contributed by atoms with Crippen molar-refractivity contribution in [3.8, 4) is 0 Å². The molecule has 6 rings (SSSR count). The largest absolute Gasteiger partial charge is 0.359 e. The molecule has 4 atom stereocenters. The predicted octanol–water partition coefficient (Wildman–Crippen LogP) is 4.24. The van der Waals surface area contributed by atoms with Crippen LogP contribution in [0, 0.1) is 32.1 Å². The molecule has 210 valence electrons. The zero-order chi connectivity index (χ0) is 29.5. The van der Waals surface area contributed by atoms with Crippen molar-refractivity contribution in [2.45, 2.75) is 25.0 Å². The molecule has 0 aromatic heterocycles. The molecule has 0 bridgehead atoms. The molecule has 0 aliphatic carbocycles. The molecule has 0 saturated carbocycles. The van der Waals surface area contributed by atoms with E-state index in [4.69, 9.17) is 0 Å². The Morgan fingerprint density at radius 3 is 1.98 bits per heavy atom. The van der Waals surface area contributed by atoms with Crippen molar-refractivity contribution in [1.29, 1.82) is 0 Å². The summed E-state index contributed by atoms with van der Waals surface area (Å²) in [7, 11) is 0. The molecule has 3 aliphatic rings. The van der Waals surface area contributed by atoms with Gasteiger partial charge in [-0.15, -0.1) is 0 Å². The fraction of sp³-hybridized carbons (Fsp3) is 0.194. The van der Waals surface area contributed by atoms with Gasteiger partial charge in [0.05, 0.1) is 34.3 Å². The summed E-state index contributed by atoms with van der Waals surface area (Å²) in [6, 6.07) is 19.0. The maximum absolute atomic E-state index is 13.9. The minimum atomic E-state index is -0.980. The molecule has 0 N–H and O–H groups in total.